The minimum Gasteiger partial charge on any atom is -0.492 e. The zero-order chi connectivity index (χ0) is 28.9. The molecule has 3 aliphatic rings. The van der Waals surface area contributed by atoms with Crippen molar-refractivity contribution < 1.29 is 18.7 Å². The number of likely N-dealkylation sites (tertiary alicyclic amines) is 1. The molecule has 2 atom stereocenters. The van der Waals surface area contributed by atoms with Crippen molar-refractivity contribution in [1.82, 2.24) is 14.4 Å². The Kier molecular flexibility index (Phi) is 7.14. The summed E-state index contributed by atoms with van der Waals surface area (Å²) in [6.45, 7) is 14.5. The standard InChI is InChI=1S/C33H39FN4O3/c1-21-14-28(38-11-9-23-15-27(34)6-7-29(23)38)16-25-18-36(12-13-40-31(21)25)17-24-8-10-35-30(22(24)2)26-19-37(20-26)32(39)41-33(3,4)5/h6-11,14-16,22,24,26H,12-13,17-20H2,1-5H3. The van der Waals surface area contributed by atoms with Gasteiger partial charge in [-0.25, -0.2) is 9.18 Å². The third-order valence-electron chi connectivity index (χ3n) is 8.40. The second-order valence-corrected chi connectivity index (χ2v) is 12.7. The Labute approximate surface area is 241 Å². The van der Waals surface area contributed by atoms with Gasteiger partial charge in [0.05, 0.1) is 5.52 Å². The van der Waals surface area contributed by atoms with Gasteiger partial charge in [-0.3, -0.25) is 9.89 Å². The van der Waals surface area contributed by atoms with E-state index in [0.29, 0.717) is 25.6 Å². The van der Waals surface area contributed by atoms with Gasteiger partial charge in [0.2, 0.25) is 0 Å². The minimum absolute atomic E-state index is 0.228. The second-order valence-electron chi connectivity index (χ2n) is 12.7. The SMILES string of the molecule is Cc1cc(-n2ccc3cc(F)ccc32)cc2c1OCCN(CC1C=CN=C(C3CN(C(=O)OC(C)(C)C)C3)C1C)C2. The molecule has 1 saturated heterocycles. The molecule has 2 unspecified atom stereocenters. The van der Waals surface area contributed by atoms with Crippen molar-refractivity contribution in [1.29, 1.82) is 0 Å². The number of fused-ring (bicyclic) bond motifs is 2. The molecule has 41 heavy (non-hydrogen) atoms. The van der Waals surface area contributed by atoms with Gasteiger partial charge in [-0.15, -0.1) is 0 Å². The van der Waals surface area contributed by atoms with Gasteiger partial charge in [-0.05, 0) is 75.6 Å². The van der Waals surface area contributed by atoms with Crippen LogP contribution in [-0.4, -0.2) is 64.6 Å². The number of aromatic nitrogens is 1. The number of amides is 1. The van der Waals surface area contributed by atoms with Crippen molar-refractivity contribution in [3.8, 4) is 11.4 Å². The van der Waals surface area contributed by atoms with E-state index in [2.05, 4.69) is 41.5 Å². The van der Waals surface area contributed by atoms with E-state index in [4.69, 9.17) is 14.5 Å². The van der Waals surface area contributed by atoms with E-state index in [9.17, 15) is 9.18 Å². The largest absolute Gasteiger partial charge is 0.492 e. The summed E-state index contributed by atoms with van der Waals surface area (Å²) in [4.78, 5) is 21.4. The summed E-state index contributed by atoms with van der Waals surface area (Å²) in [5.41, 5.74) is 4.98. The van der Waals surface area contributed by atoms with Crippen molar-refractivity contribution >= 4 is 22.7 Å². The summed E-state index contributed by atoms with van der Waals surface area (Å²) in [5.74, 6) is 1.62. The quantitative estimate of drug-likeness (QED) is 0.374. The third-order valence-corrected chi connectivity index (χ3v) is 8.40. The lowest BCUT2D eigenvalue weighted by molar-refractivity contribution is 0.00637. The second kappa shape index (κ2) is 10.6. The number of ether oxygens (including phenoxy) is 2. The number of benzene rings is 2. The molecule has 3 aromatic rings. The molecule has 0 N–H and O–H groups in total. The molecule has 1 amide bonds. The van der Waals surface area contributed by atoms with Crippen LogP contribution in [0.3, 0.4) is 0 Å². The minimum atomic E-state index is -0.491. The lowest BCUT2D eigenvalue weighted by atomic mass is 9.79. The van der Waals surface area contributed by atoms with E-state index in [0.717, 1.165) is 53.1 Å². The zero-order valence-electron chi connectivity index (χ0n) is 24.6. The van der Waals surface area contributed by atoms with Crippen LogP contribution in [0.1, 0.15) is 38.8 Å². The fraction of sp³-hybridized carbons (Fsp3) is 0.455. The molecule has 7 nitrogen and oxygen atoms in total. The van der Waals surface area contributed by atoms with Gasteiger partial charge in [0.1, 0.15) is 23.8 Å². The van der Waals surface area contributed by atoms with E-state index >= 15 is 0 Å². The van der Waals surface area contributed by atoms with Crippen LogP contribution in [-0.2, 0) is 11.3 Å². The average molecular weight is 559 g/mol. The molecule has 8 heteroatoms. The predicted molar refractivity (Wildman–Crippen MR) is 159 cm³/mol. The van der Waals surface area contributed by atoms with Crippen molar-refractivity contribution in [2.75, 3.05) is 32.8 Å². The number of hydrogen-bond acceptors (Lipinski definition) is 5. The molecular formula is C33H39FN4O3. The molecule has 0 bridgehead atoms. The topological polar surface area (TPSA) is 59.3 Å². The number of nitrogens with zero attached hydrogens (tertiary/aromatic N) is 4. The van der Waals surface area contributed by atoms with Gasteiger partial charge in [0.25, 0.3) is 0 Å². The number of hydrogen-bond donors (Lipinski definition) is 0. The van der Waals surface area contributed by atoms with Crippen LogP contribution in [0.25, 0.3) is 16.6 Å². The van der Waals surface area contributed by atoms with Crippen LogP contribution in [0, 0.1) is 30.5 Å². The van der Waals surface area contributed by atoms with E-state index < -0.39 is 5.60 Å². The lowest BCUT2D eigenvalue weighted by Crippen LogP contribution is -2.56. The first-order chi connectivity index (χ1) is 19.6. The van der Waals surface area contributed by atoms with Crippen LogP contribution in [0.4, 0.5) is 9.18 Å². The Morgan fingerprint density at radius 1 is 1.17 bits per heavy atom. The van der Waals surface area contributed by atoms with Crippen molar-refractivity contribution in [2.45, 2.75) is 46.8 Å². The zero-order valence-corrected chi connectivity index (χ0v) is 24.6. The number of halogens is 1. The van der Waals surface area contributed by atoms with Gasteiger partial charge in [0, 0.05) is 79.3 Å². The molecule has 0 spiro atoms. The number of aryl methyl sites for hydroxylation is 1. The highest BCUT2D eigenvalue weighted by molar-refractivity contribution is 5.92. The van der Waals surface area contributed by atoms with E-state index in [1.54, 1.807) is 11.0 Å². The Balaban J connectivity index is 1.14. The Bertz CT molecular complexity index is 1530. The van der Waals surface area contributed by atoms with Gasteiger partial charge < -0.3 is 18.9 Å². The lowest BCUT2D eigenvalue weighted by Gasteiger charge is -2.43. The fourth-order valence-corrected chi connectivity index (χ4v) is 6.26. The molecule has 0 aliphatic carbocycles. The first-order valence-electron chi connectivity index (χ1n) is 14.5. The van der Waals surface area contributed by atoms with Crippen LogP contribution in [0.15, 0.2) is 59.9 Å². The first kappa shape index (κ1) is 27.5. The molecule has 3 aliphatic heterocycles. The van der Waals surface area contributed by atoms with Crippen molar-refractivity contribution in [3.05, 3.63) is 71.8 Å². The molecule has 0 radical (unpaired) electrons. The van der Waals surface area contributed by atoms with Crippen LogP contribution < -0.4 is 4.74 Å². The normalized spacial score (nSPS) is 21.6. The number of carbonyl (C=O) groups excluding carboxylic acids is 1. The summed E-state index contributed by atoms with van der Waals surface area (Å²) < 4.78 is 27.7. The molecule has 216 valence electrons. The van der Waals surface area contributed by atoms with Gasteiger partial charge >= 0.3 is 6.09 Å². The molecule has 6 rings (SSSR count). The van der Waals surface area contributed by atoms with Gasteiger partial charge in [-0.1, -0.05) is 13.0 Å². The van der Waals surface area contributed by atoms with Crippen LogP contribution in [0.5, 0.6) is 5.75 Å². The Morgan fingerprint density at radius 3 is 2.76 bits per heavy atom. The van der Waals surface area contributed by atoms with Crippen molar-refractivity contribution in [3.63, 3.8) is 0 Å². The maximum atomic E-state index is 13.8. The molecule has 0 saturated carbocycles. The Morgan fingerprint density at radius 2 is 1.98 bits per heavy atom. The highest BCUT2D eigenvalue weighted by Crippen LogP contribution is 2.34. The highest BCUT2D eigenvalue weighted by Gasteiger charge is 2.40. The predicted octanol–water partition coefficient (Wildman–Crippen LogP) is 6.36. The van der Waals surface area contributed by atoms with E-state index in [1.807, 2.05) is 45.3 Å². The third kappa shape index (κ3) is 5.62. The molecular weight excluding hydrogens is 519 g/mol. The Hall–Kier alpha value is -3.65. The van der Waals surface area contributed by atoms with Crippen molar-refractivity contribution in [2.24, 2.45) is 22.7 Å². The summed E-state index contributed by atoms with van der Waals surface area (Å²) in [6, 6.07) is 11.2. The maximum absolute atomic E-state index is 13.8. The fourth-order valence-electron chi connectivity index (χ4n) is 6.26. The highest BCUT2D eigenvalue weighted by atomic mass is 19.1. The first-order valence-corrected chi connectivity index (χ1v) is 14.5. The van der Waals surface area contributed by atoms with E-state index in [1.165, 1.54) is 11.8 Å². The number of carbonyl (C=O) groups is 1. The summed E-state index contributed by atoms with van der Waals surface area (Å²) in [5, 5.41) is 0.881. The molecule has 1 fully saturated rings. The summed E-state index contributed by atoms with van der Waals surface area (Å²) in [7, 11) is 0. The average Bonchev–Trinajstić information content (AvgIpc) is 3.17. The molecule has 2 aromatic carbocycles. The van der Waals surface area contributed by atoms with Gasteiger partial charge in [0.15, 0.2) is 0 Å². The van der Waals surface area contributed by atoms with Crippen LogP contribution >= 0.6 is 0 Å². The number of rotatable bonds is 4. The van der Waals surface area contributed by atoms with Crippen LogP contribution in [0.2, 0.25) is 0 Å². The molecule has 1 aromatic heterocycles. The monoisotopic (exact) mass is 558 g/mol. The summed E-state index contributed by atoms with van der Waals surface area (Å²) >= 11 is 0. The van der Waals surface area contributed by atoms with E-state index in [-0.39, 0.29) is 23.7 Å². The smallest absolute Gasteiger partial charge is 0.410 e. The van der Waals surface area contributed by atoms with Gasteiger partial charge in [-0.2, -0.15) is 0 Å². The number of aliphatic imine (C=N–C) groups is 1. The summed E-state index contributed by atoms with van der Waals surface area (Å²) in [6.07, 6.45) is 5.92. The molecule has 4 heterocycles. The maximum Gasteiger partial charge on any atom is 0.410 e.